The number of aliphatic hydroxyl groups is 1. The van der Waals surface area contributed by atoms with Crippen LogP contribution in [0.25, 0.3) is 0 Å². The minimum Gasteiger partial charge on any atom is -0.393 e. The molecule has 0 radical (unpaired) electrons. The second-order valence-electron chi connectivity index (χ2n) is 6.58. The highest BCUT2D eigenvalue weighted by molar-refractivity contribution is 7.88. The van der Waals surface area contributed by atoms with Crippen LogP contribution in [0.15, 0.2) is 0 Å². The molecule has 1 amide bonds. The van der Waals surface area contributed by atoms with Gasteiger partial charge in [0.05, 0.1) is 12.4 Å². The lowest BCUT2D eigenvalue weighted by Gasteiger charge is -2.20. The number of carbonyl (C=O) groups excluding carboxylic acids is 1. The SMILES string of the molecule is CCCCCC(O)CCCN(CCCCCCC(N)=O)S(C)(=O)=O. The number of amides is 1. The maximum Gasteiger partial charge on any atom is 0.217 e. The van der Waals surface area contributed by atoms with E-state index in [1.807, 2.05) is 0 Å². The van der Waals surface area contributed by atoms with Crippen molar-refractivity contribution in [2.75, 3.05) is 19.3 Å². The molecule has 0 aliphatic carbocycles. The maximum atomic E-state index is 11.8. The molecule has 3 N–H and O–H groups in total. The van der Waals surface area contributed by atoms with Crippen LogP contribution in [0, 0.1) is 0 Å². The summed E-state index contributed by atoms with van der Waals surface area (Å²) in [6, 6.07) is 0. The van der Waals surface area contributed by atoms with E-state index in [2.05, 4.69) is 6.92 Å². The first-order chi connectivity index (χ1) is 11.3. The van der Waals surface area contributed by atoms with Crippen molar-refractivity contribution in [3.8, 4) is 0 Å². The molecular weight excluding hydrogens is 328 g/mol. The number of hydrogen-bond acceptors (Lipinski definition) is 4. The first-order valence-corrected chi connectivity index (χ1v) is 11.0. The van der Waals surface area contributed by atoms with E-state index in [0.29, 0.717) is 32.4 Å². The number of hydrogen-bond donors (Lipinski definition) is 2. The van der Waals surface area contributed by atoms with Gasteiger partial charge in [-0.3, -0.25) is 4.79 Å². The quantitative estimate of drug-likeness (QED) is 0.411. The molecule has 0 aliphatic rings. The largest absolute Gasteiger partial charge is 0.393 e. The first kappa shape index (κ1) is 23.3. The van der Waals surface area contributed by atoms with Crippen molar-refractivity contribution < 1.29 is 18.3 Å². The van der Waals surface area contributed by atoms with E-state index >= 15 is 0 Å². The fourth-order valence-corrected chi connectivity index (χ4v) is 3.58. The van der Waals surface area contributed by atoms with Gasteiger partial charge in [-0.05, 0) is 32.1 Å². The standard InChI is InChI=1S/C17H36N2O4S/c1-3-4-7-11-16(20)12-10-15-19(24(2,22)23)14-9-6-5-8-13-17(18)21/h16,20H,3-15H2,1-2H3,(H2,18,21). The summed E-state index contributed by atoms with van der Waals surface area (Å²) >= 11 is 0. The molecule has 24 heavy (non-hydrogen) atoms. The smallest absolute Gasteiger partial charge is 0.217 e. The molecule has 1 unspecified atom stereocenters. The molecule has 144 valence electrons. The molecule has 0 aromatic heterocycles. The third kappa shape index (κ3) is 13.7. The third-order valence-corrected chi connectivity index (χ3v) is 5.44. The summed E-state index contributed by atoms with van der Waals surface area (Å²) in [6.07, 6.45) is 10.0. The zero-order valence-corrected chi connectivity index (χ0v) is 16.2. The molecular formula is C17H36N2O4S. The molecule has 0 saturated heterocycles. The highest BCUT2D eigenvalue weighted by Gasteiger charge is 2.16. The van der Waals surface area contributed by atoms with Crippen LogP contribution in [0.1, 0.15) is 77.6 Å². The minimum atomic E-state index is -3.21. The van der Waals surface area contributed by atoms with E-state index < -0.39 is 10.0 Å². The molecule has 0 spiro atoms. The Morgan fingerprint density at radius 2 is 1.58 bits per heavy atom. The van der Waals surface area contributed by atoms with Crippen LogP contribution >= 0.6 is 0 Å². The van der Waals surface area contributed by atoms with Gasteiger partial charge in [-0.15, -0.1) is 0 Å². The van der Waals surface area contributed by atoms with Gasteiger partial charge in [-0.2, -0.15) is 0 Å². The number of unbranched alkanes of at least 4 members (excludes halogenated alkanes) is 5. The summed E-state index contributed by atoms with van der Waals surface area (Å²) in [7, 11) is -3.21. The summed E-state index contributed by atoms with van der Waals surface area (Å²) in [5.41, 5.74) is 5.08. The zero-order chi connectivity index (χ0) is 18.4. The van der Waals surface area contributed by atoms with Crippen LogP contribution in [-0.4, -0.2) is 49.2 Å². The van der Waals surface area contributed by atoms with Gasteiger partial charge >= 0.3 is 0 Å². The molecule has 0 fully saturated rings. The van der Waals surface area contributed by atoms with Gasteiger partial charge in [0.25, 0.3) is 0 Å². The zero-order valence-electron chi connectivity index (χ0n) is 15.4. The Bertz CT molecular complexity index is 426. The molecule has 0 aliphatic heterocycles. The fourth-order valence-electron chi connectivity index (χ4n) is 2.66. The van der Waals surface area contributed by atoms with Crippen molar-refractivity contribution in [1.82, 2.24) is 4.31 Å². The molecule has 6 nitrogen and oxygen atoms in total. The average molecular weight is 365 g/mol. The van der Waals surface area contributed by atoms with Gasteiger partial charge in [-0.1, -0.05) is 39.0 Å². The third-order valence-electron chi connectivity index (χ3n) is 4.14. The van der Waals surface area contributed by atoms with Crippen molar-refractivity contribution in [2.45, 2.75) is 83.7 Å². The average Bonchev–Trinajstić information content (AvgIpc) is 2.47. The Labute approximate surface area is 147 Å². The maximum absolute atomic E-state index is 11.8. The number of nitrogens with two attached hydrogens (primary N) is 1. The second-order valence-corrected chi connectivity index (χ2v) is 8.57. The van der Waals surface area contributed by atoms with Gasteiger partial charge in [0, 0.05) is 19.5 Å². The Balaban J connectivity index is 3.96. The fraction of sp³-hybridized carbons (Fsp3) is 0.941. The second kappa shape index (κ2) is 13.6. The lowest BCUT2D eigenvalue weighted by molar-refractivity contribution is -0.118. The molecule has 0 rings (SSSR count). The highest BCUT2D eigenvalue weighted by Crippen LogP contribution is 2.11. The van der Waals surface area contributed by atoms with Gasteiger partial charge in [0.2, 0.25) is 15.9 Å². The monoisotopic (exact) mass is 364 g/mol. The summed E-state index contributed by atoms with van der Waals surface area (Å²) < 4.78 is 25.2. The number of nitrogens with zero attached hydrogens (tertiary/aromatic N) is 1. The van der Waals surface area contributed by atoms with Crippen molar-refractivity contribution in [3.05, 3.63) is 0 Å². The number of rotatable bonds is 16. The lowest BCUT2D eigenvalue weighted by Crippen LogP contribution is -2.32. The van der Waals surface area contributed by atoms with Crippen LogP contribution < -0.4 is 5.73 Å². The van der Waals surface area contributed by atoms with Crippen LogP contribution in [-0.2, 0) is 14.8 Å². The highest BCUT2D eigenvalue weighted by atomic mass is 32.2. The van der Waals surface area contributed by atoms with E-state index in [0.717, 1.165) is 51.4 Å². The van der Waals surface area contributed by atoms with Crippen LogP contribution in [0.3, 0.4) is 0 Å². The summed E-state index contributed by atoms with van der Waals surface area (Å²) in [4.78, 5) is 10.6. The van der Waals surface area contributed by atoms with E-state index in [4.69, 9.17) is 5.73 Å². The molecule has 7 heteroatoms. The van der Waals surface area contributed by atoms with Gasteiger partial charge in [0.15, 0.2) is 0 Å². The van der Waals surface area contributed by atoms with Crippen molar-refractivity contribution in [1.29, 1.82) is 0 Å². The summed E-state index contributed by atoms with van der Waals surface area (Å²) in [5.74, 6) is -0.287. The Morgan fingerprint density at radius 3 is 2.17 bits per heavy atom. The van der Waals surface area contributed by atoms with Crippen molar-refractivity contribution >= 4 is 15.9 Å². The molecule has 0 saturated carbocycles. The number of carbonyl (C=O) groups is 1. The normalized spacial score (nSPS) is 13.3. The number of sulfonamides is 1. The van der Waals surface area contributed by atoms with Crippen molar-refractivity contribution in [3.63, 3.8) is 0 Å². The Hall–Kier alpha value is -0.660. The molecule has 0 aromatic carbocycles. The molecule has 0 bridgehead atoms. The first-order valence-electron chi connectivity index (χ1n) is 9.18. The predicted octanol–water partition coefficient (Wildman–Crippen LogP) is 2.41. The van der Waals surface area contributed by atoms with Crippen molar-refractivity contribution in [2.24, 2.45) is 5.73 Å². The summed E-state index contributed by atoms with van der Waals surface area (Å²) in [6.45, 7) is 3.09. The summed E-state index contributed by atoms with van der Waals surface area (Å²) in [5, 5.41) is 9.90. The molecule has 0 heterocycles. The van der Waals surface area contributed by atoms with Gasteiger partial charge in [-0.25, -0.2) is 12.7 Å². The molecule has 0 aromatic rings. The number of primary amides is 1. The van der Waals surface area contributed by atoms with Crippen LogP contribution in [0.5, 0.6) is 0 Å². The van der Waals surface area contributed by atoms with Crippen LogP contribution in [0.4, 0.5) is 0 Å². The van der Waals surface area contributed by atoms with E-state index in [9.17, 15) is 18.3 Å². The van der Waals surface area contributed by atoms with Crippen LogP contribution in [0.2, 0.25) is 0 Å². The lowest BCUT2D eigenvalue weighted by atomic mass is 10.1. The van der Waals surface area contributed by atoms with E-state index in [-0.39, 0.29) is 12.0 Å². The topological polar surface area (TPSA) is 101 Å². The molecule has 1 atom stereocenters. The van der Waals surface area contributed by atoms with Gasteiger partial charge in [0.1, 0.15) is 0 Å². The van der Waals surface area contributed by atoms with Gasteiger partial charge < -0.3 is 10.8 Å². The Kier molecular flexibility index (Phi) is 13.2. The van der Waals surface area contributed by atoms with E-state index in [1.165, 1.54) is 10.6 Å². The predicted molar refractivity (Wildman–Crippen MR) is 98.1 cm³/mol. The van der Waals surface area contributed by atoms with E-state index in [1.54, 1.807) is 0 Å². The minimum absolute atomic E-state index is 0.287. The Morgan fingerprint density at radius 1 is 1.00 bits per heavy atom. The number of aliphatic hydroxyl groups excluding tert-OH is 1.